The molecular weight excluding hydrogens is 264 g/mol. The van der Waals surface area contributed by atoms with E-state index >= 15 is 0 Å². The average Bonchev–Trinajstić information content (AvgIpc) is 3.02. The van der Waals surface area contributed by atoms with E-state index in [1.54, 1.807) is 11.3 Å². The molecule has 1 aromatic carbocycles. The molecule has 0 aliphatic carbocycles. The summed E-state index contributed by atoms with van der Waals surface area (Å²) in [5.41, 5.74) is 2.45. The minimum Gasteiger partial charge on any atom is -0.380 e. The van der Waals surface area contributed by atoms with Crippen molar-refractivity contribution in [2.24, 2.45) is 0 Å². The molecule has 1 fully saturated rings. The summed E-state index contributed by atoms with van der Waals surface area (Å²) in [6.07, 6.45) is 1.20. The van der Waals surface area contributed by atoms with Gasteiger partial charge in [0, 0.05) is 33.6 Å². The van der Waals surface area contributed by atoms with E-state index < -0.39 is 0 Å². The van der Waals surface area contributed by atoms with E-state index in [0.717, 1.165) is 18.1 Å². The normalized spacial score (nSPS) is 19.1. The van der Waals surface area contributed by atoms with Gasteiger partial charge in [0.2, 0.25) is 0 Å². The van der Waals surface area contributed by atoms with Gasteiger partial charge in [-0.1, -0.05) is 23.7 Å². The minimum absolute atomic E-state index is 0.567. The van der Waals surface area contributed by atoms with Gasteiger partial charge in [-0.25, -0.2) is 0 Å². The summed E-state index contributed by atoms with van der Waals surface area (Å²) in [5.74, 6) is 0. The van der Waals surface area contributed by atoms with E-state index in [-0.39, 0.29) is 0 Å². The number of rotatable bonds is 3. The van der Waals surface area contributed by atoms with Crippen LogP contribution in [0, 0.1) is 0 Å². The Morgan fingerprint density at radius 1 is 1.28 bits per heavy atom. The third-order valence-corrected chi connectivity index (χ3v) is 4.39. The molecule has 0 radical (unpaired) electrons. The Kier molecular flexibility index (Phi) is 3.55. The van der Waals surface area contributed by atoms with E-state index in [2.05, 4.69) is 34.2 Å². The Balaban J connectivity index is 1.74. The molecule has 0 saturated carbocycles. The molecule has 0 bridgehead atoms. The third-order valence-electron chi connectivity index (χ3n) is 3.16. The summed E-state index contributed by atoms with van der Waals surface area (Å²) in [4.78, 5) is 1.28. The molecule has 1 aromatic heterocycles. The van der Waals surface area contributed by atoms with E-state index in [4.69, 9.17) is 11.6 Å². The Hall–Kier alpha value is -1.03. The Morgan fingerprint density at radius 2 is 2.11 bits per heavy atom. The fourth-order valence-electron chi connectivity index (χ4n) is 2.19. The van der Waals surface area contributed by atoms with Crippen LogP contribution in [-0.2, 0) is 0 Å². The largest absolute Gasteiger partial charge is 0.380 e. The van der Waals surface area contributed by atoms with Crippen molar-refractivity contribution >= 4 is 28.6 Å². The first-order valence-electron chi connectivity index (χ1n) is 6.13. The molecule has 2 nitrogen and oxygen atoms in total. The molecule has 2 aromatic rings. The average molecular weight is 279 g/mol. The van der Waals surface area contributed by atoms with Crippen molar-refractivity contribution in [1.82, 2.24) is 5.32 Å². The van der Waals surface area contributed by atoms with Gasteiger partial charge >= 0.3 is 0 Å². The lowest BCUT2D eigenvalue weighted by atomic mass is 10.2. The molecule has 1 aliphatic heterocycles. The molecule has 94 valence electrons. The van der Waals surface area contributed by atoms with Gasteiger partial charge in [-0.3, -0.25) is 0 Å². The highest BCUT2D eigenvalue weighted by Crippen LogP contribution is 2.31. The Labute approximate surface area is 116 Å². The number of nitrogens with one attached hydrogen (secondary N) is 2. The van der Waals surface area contributed by atoms with Crippen molar-refractivity contribution in [3.63, 3.8) is 0 Å². The topological polar surface area (TPSA) is 24.1 Å². The lowest BCUT2D eigenvalue weighted by Gasteiger charge is -2.10. The summed E-state index contributed by atoms with van der Waals surface area (Å²) in [7, 11) is 0. The van der Waals surface area contributed by atoms with Crippen LogP contribution in [0.5, 0.6) is 0 Å². The molecule has 1 aliphatic rings. The van der Waals surface area contributed by atoms with Crippen molar-refractivity contribution in [1.29, 1.82) is 0 Å². The number of benzene rings is 1. The number of anilines is 1. The van der Waals surface area contributed by atoms with Crippen molar-refractivity contribution in [3.8, 4) is 10.4 Å². The van der Waals surface area contributed by atoms with Crippen molar-refractivity contribution < 1.29 is 0 Å². The van der Waals surface area contributed by atoms with E-state index in [0.29, 0.717) is 6.04 Å². The lowest BCUT2D eigenvalue weighted by Crippen LogP contribution is -2.21. The summed E-state index contributed by atoms with van der Waals surface area (Å²) in [6.45, 7) is 2.18. The van der Waals surface area contributed by atoms with Gasteiger partial charge in [-0.15, -0.1) is 11.3 Å². The van der Waals surface area contributed by atoms with Crippen molar-refractivity contribution in [3.05, 3.63) is 40.7 Å². The van der Waals surface area contributed by atoms with E-state index in [1.165, 1.54) is 22.5 Å². The summed E-state index contributed by atoms with van der Waals surface area (Å²) >= 11 is 7.67. The van der Waals surface area contributed by atoms with Crippen LogP contribution < -0.4 is 10.6 Å². The first kappa shape index (κ1) is 12.0. The number of hydrogen-bond donors (Lipinski definition) is 2. The van der Waals surface area contributed by atoms with Crippen LogP contribution in [0.15, 0.2) is 35.7 Å². The summed E-state index contributed by atoms with van der Waals surface area (Å²) in [5, 5.41) is 9.89. The van der Waals surface area contributed by atoms with Gasteiger partial charge in [-0.2, -0.15) is 0 Å². The van der Waals surface area contributed by atoms with E-state index in [9.17, 15) is 0 Å². The molecule has 4 heteroatoms. The molecule has 18 heavy (non-hydrogen) atoms. The fourth-order valence-corrected chi connectivity index (χ4v) is 3.17. The third kappa shape index (κ3) is 2.69. The van der Waals surface area contributed by atoms with Crippen LogP contribution in [-0.4, -0.2) is 19.1 Å². The second-order valence-electron chi connectivity index (χ2n) is 4.54. The number of halogens is 1. The first-order valence-corrected chi connectivity index (χ1v) is 7.39. The highest BCUT2D eigenvalue weighted by atomic mass is 35.5. The van der Waals surface area contributed by atoms with Gasteiger partial charge < -0.3 is 10.6 Å². The predicted octanol–water partition coefficient (Wildman–Crippen LogP) is 3.84. The molecule has 3 rings (SSSR count). The van der Waals surface area contributed by atoms with Crippen LogP contribution >= 0.6 is 22.9 Å². The zero-order chi connectivity index (χ0) is 12.4. The molecule has 1 atom stereocenters. The van der Waals surface area contributed by atoms with Crippen LogP contribution in [0.1, 0.15) is 6.42 Å². The maximum absolute atomic E-state index is 5.90. The van der Waals surface area contributed by atoms with Crippen LogP contribution in [0.2, 0.25) is 5.02 Å². The fraction of sp³-hybridized carbons (Fsp3) is 0.286. The maximum atomic E-state index is 5.90. The van der Waals surface area contributed by atoms with Gasteiger partial charge in [0.05, 0.1) is 0 Å². The number of thiophene rings is 1. The SMILES string of the molecule is Clc1ccc(-c2cc(N[C@@H]3CCNC3)cs2)cc1. The highest BCUT2D eigenvalue weighted by molar-refractivity contribution is 7.14. The molecule has 1 saturated heterocycles. The molecule has 0 amide bonds. The van der Waals surface area contributed by atoms with Crippen LogP contribution in [0.3, 0.4) is 0 Å². The zero-order valence-corrected chi connectivity index (χ0v) is 11.5. The molecule has 0 unspecified atom stereocenters. The summed E-state index contributed by atoms with van der Waals surface area (Å²) in [6, 6.07) is 10.8. The molecule has 0 spiro atoms. The van der Waals surface area contributed by atoms with E-state index in [1.807, 2.05) is 12.1 Å². The maximum Gasteiger partial charge on any atom is 0.0457 e. The lowest BCUT2D eigenvalue weighted by molar-refractivity contribution is 0.794. The van der Waals surface area contributed by atoms with Crippen LogP contribution in [0.4, 0.5) is 5.69 Å². The second kappa shape index (κ2) is 5.31. The highest BCUT2D eigenvalue weighted by Gasteiger charge is 2.14. The van der Waals surface area contributed by atoms with Gasteiger partial charge in [0.1, 0.15) is 0 Å². The minimum atomic E-state index is 0.567. The Morgan fingerprint density at radius 3 is 2.83 bits per heavy atom. The monoisotopic (exact) mass is 278 g/mol. The zero-order valence-electron chi connectivity index (χ0n) is 9.95. The standard InChI is InChI=1S/C14H15ClN2S/c15-11-3-1-10(2-4-11)14-7-13(9-18-14)17-12-5-6-16-8-12/h1-4,7,9,12,16-17H,5-6,8H2/t12-/m1/s1. The van der Waals surface area contributed by atoms with Crippen molar-refractivity contribution in [2.45, 2.75) is 12.5 Å². The molecule has 2 N–H and O–H groups in total. The quantitative estimate of drug-likeness (QED) is 0.891. The first-order chi connectivity index (χ1) is 8.81. The second-order valence-corrected chi connectivity index (χ2v) is 5.89. The van der Waals surface area contributed by atoms with Gasteiger partial charge in [-0.05, 0) is 36.7 Å². The Bertz CT molecular complexity index is 515. The predicted molar refractivity (Wildman–Crippen MR) is 79.7 cm³/mol. The summed E-state index contributed by atoms with van der Waals surface area (Å²) < 4.78 is 0. The molecular formula is C14H15ClN2S. The van der Waals surface area contributed by atoms with Gasteiger partial charge in [0.25, 0.3) is 0 Å². The van der Waals surface area contributed by atoms with Crippen LogP contribution in [0.25, 0.3) is 10.4 Å². The van der Waals surface area contributed by atoms with Crippen molar-refractivity contribution in [2.75, 3.05) is 18.4 Å². The number of hydrogen-bond acceptors (Lipinski definition) is 3. The smallest absolute Gasteiger partial charge is 0.0457 e. The molecule has 2 heterocycles. The van der Waals surface area contributed by atoms with Gasteiger partial charge in [0.15, 0.2) is 0 Å².